The minimum absolute atomic E-state index is 0.0854. The number of aromatic nitrogens is 3. The number of aromatic hydroxyl groups is 3. The average Bonchev–Trinajstić information content (AvgIpc) is 3.21. The molecule has 0 amide bonds. The van der Waals surface area contributed by atoms with Crippen molar-refractivity contribution in [3.63, 3.8) is 0 Å². The number of phenolic OH excluding ortho intramolecular Hbond substituents is 1. The van der Waals surface area contributed by atoms with Crippen molar-refractivity contribution in [3.05, 3.63) is 51.2 Å². The number of rotatable bonds is 3. The van der Waals surface area contributed by atoms with Gasteiger partial charge in [-0.2, -0.15) is 0 Å². The number of aromatic amines is 1. The van der Waals surface area contributed by atoms with Gasteiger partial charge in [-0.15, -0.1) is 0 Å². The monoisotopic (exact) mass is 491 g/mol. The molecule has 2 heterocycles. The van der Waals surface area contributed by atoms with Gasteiger partial charge in [-0.25, -0.2) is 4.98 Å². The summed E-state index contributed by atoms with van der Waals surface area (Å²) in [5.74, 6) is -0.305. The Labute approximate surface area is 171 Å². The highest BCUT2D eigenvalue weighted by molar-refractivity contribution is 9.11. The molecule has 0 aliphatic heterocycles. The summed E-state index contributed by atoms with van der Waals surface area (Å²) in [5, 5.41) is 31.2. The number of hydrogen-bond acceptors (Lipinski definition) is 4. The molecule has 138 valence electrons. The summed E-state index contributed by atoms with van der Waals surface area (Å²) in [7, 11) is 0. The van der Waals surface area contributed by atoms with Gasteiger partial charge in [-0.3, -0.25) is 4.57 Å². The van der Waals surface area contributed by atoms with Crippen molar-refractivity contribution in [2.45, 2.75) is 13.3 Å². The van der Waals surface area contributed by atoms with Gasteiger partial charge >= 0.3 is 0 Å². The molecule has 4 rings (SSSR count). The normalized spacial score (nSPS) is 11.4. The lowest BCUT2D eigenvalue weighted by atomic mass is 10.1. The van der Waals surface area contributed by atoms with Gasteiger partial charge in [-0.1, -0.05) is 6.92 Å². The first kappa shape index (κ1) is 17.9. The van der Waals surface area contributed by atoms with Gasteiger partial charge in [0.25, 0.3) is 0 Å². The zero-order chi connectivity index (χ0) is 19.3. The third kappa shape index (κ3) is 2.80. The standard InChI is InChI=1S/C19H15Br2N3O3/c1-2-11-16(9-5-12(20)18(26)13(21)6-9)24(19(27)17(11)25)10-3-4-14-15(7-10)23-8-22-14/h3-8,25-27H,2H2,1H3,(H,22,23). The smallest absolute Gasteiger partial charge is 0.240 e. The van der Waals surface area contributed by atoms with Gasteiger partial charge in [0.05, 0.1) is 37.7 Å². The van der Waals surface area contributed by atoms with Crippen LogP contribution in [0.2, 0.25) is 0 Å². The van der Waals surface area contributed by atoms with Crippen LogP contribution in [0, 0.1) is 0 Å². The zero-order valence-electron chi connectivity index (χ0n) is 14.2. The van der Waals surface area contributed by atoms with Crippen LogP contribution in [0.5, 0.6) is 17.4 Å². The van der Waals surface area contributed by atoms with Crippen molar-refractivity contribution in [1.82, 2.24) is 14.5 Å². The molecule has 0 fully saturated rings. The Balaban J connectivity index is 2.05. The third-order valence-corrected chi connectivity index (χ3v) is 5.73. The summed E-state index contributed by atoms with van der Waals surface area (Å²) in [6.45, 7) is 1.91. The van der Waals surface area contributed by atoms with Crippen LogP contribution in [0.4, 0.5) is 0 Å². The minimum atomic E-state index is -0.235. The van der Waals surface area contributed by atoms with E-state index in [0.29, 0.717) is 32.3 Å². The molecule has 0 aliphatic carbocycles. The second kappa shape index (κ2) is 6.61. The third-order valence-electron chi connectivity index (χ3n) is 4.52. The summed E-state index contributed by atoms with van der Waals surface area (Å²) in [5.41, 5.74) is 4.28. The molecule has 0 radical (unpaired) electrons. The Morgan fingerprint density at radius 2 is 1.74 bits per heavy atom. The number of imidazole rings is 1. The highest BCUT2D eigenvalue weighted by Gasteiger charge is 2.24. The van der Waals surface area contributed by atoms with E-state index in [9.17, 15) is 15.3 Å². The molecule has 0 atom stereocenters. The van der Waals surface area contributed by atoms with Gasteiger partial charge in [-0.05, 0) is 68.6 Å². The van der Waals surface area contributed by atoms with Gasteiger partial charge in [0, 0.05) is 11.1 Å². The molecule has 0 unspecified atom stereocenters. The first-order valence-electron chi connectivity index (χ1n) is 8.19. The molecule has 4 N–H and O–H groups in total. The van der Waals surface area contributed by atoms with Crippen LogP contribution in [0.15, 0.2) is 45.6 Å². The van der Waals surface area contributed by atoms with Gasteiger partial charge in [0.2, 0.25) is 5.88 Å². The van der Waals surface area contributed by atoms with E-state index in [1.54, 1.807) is 23.0 Å². The van der Waals surface area contributed by atoms with Gasteiger partial charge < -0.3 is 20.3 Å². The fraction of sp³-hybridized carbons (Fsp3) is 0.105. The maximum Gasteiger partial charge on any atom is 0.240 e. The van der Waals surface area contributed by atoms with Crippen molar-refractivity contribution in [3.8, 4) is 34.3 Å². The molecular formula is C19H15Br2N3O3. The lowest BCUT2D eigenvalue weighted by Crippen LogP contribution is -1.98. The first-order valence-corrected chi connectivity index (χ1v) is 9.78. The SMILES string of the molecule is CCc1c(O)c(O)n(-c2ccc3nc[nH]c3c2)c1-c1cc(Br)c(O)c(Br)c1. The van der Waals surface area contributed by atoms with Gasteiger partial charge in [0.15, 0.2) is 5.75 Å². The summed E-state index contributed by atoms with van der Waals surface area (Å²) < 4.78 is 2.61. The van der Waals surface area contributed by atoms with Crippen LogP contribution < -0.4 is 0 Å². The van der Waals surface area contributed by atoms with Crippen LogP contribution in [-0.4, -0.2) is 29.9 Å². The molecule has 2 aromatic carbocycles. The van der Waals surface area contributed by atoms with E-state index in [4.69, 9.17) is 0 Å². The van der Waals surface area contributed by atoms with Crippen molar-refractivity contribution in [2.75, 3.05) is 0 Å². The van der Waals surface area contributed by atoms with Crippen LogP contribution in [0.25, 0.3) is 28.0 Å². The lowest BCUT2D eigenvalue weighted by molar-refractivity contribution is 0.385. The van der Waals surface area contributed by atoms with Crippen molar-refractivity contribution in [1.29, 1.82) is 0 Å². The molecular weight excluding hydrogens is 478 g/mol. The van der Waals surface area contributed by atoms with E-state index < -0.39 is 0 Å². The molecule has 8 heteroatoms. The highest BCUT2D eigenvalue weighted by atomic mass is 79.9. The largest absolute Gasteiger partial charge is 0.506 e. The molecule has 0 bridgehead atoms. The maximum absolute atomic E-state index is 10.7. The lowest BCUT2D eigenvalue weighted by Gasteiger charge is -2.13. The Morgan fingerprint density at radius 3 is 2.41 bits per heavy atom. The Hall–Kier alpha value is -2.45. The number of halogens is 2. The first-order chi connectivity index (χ1) is 12.9. The Morgan fingerprint density at radius 1 is 1.04 bits per heavy atom. The molecule has 0 spiro atoms. The minimum Gasteiger partial charge on any atom is -0.506 e. The van der Waals surface area contributed by atoms with Gasteiger partial charge in [0.1, 0.15) is 5.75 Å². The summed E-state index contributed by atoms with van der Waals surface area (Å²) in [6, 6.07) is 9.03. The summed E-state index contributed by atoms with van der Waals surface area (Å²) in [6.07, 6.45) is 2.12. The molecule has 4 aromatic rings. The topological polar surface area (TPSA) is 94.3 Å². The van der Waals surface area contributed by atoms with Crippen molar-refractivity contribution in [2.24, 2.45) is 0 Å². The van der Waals surface area contributed by atoms with E-state index in [0.717, 1.165) is 16.6 Å². The maximum atomic E-state index is 10.7. The second-order valence-corrected chi connectivity index (χ2v) is 7.79. The summed E-state index contributed by atoms with van der Waals surface area (Å²) in [4.78, 5) is 7.26. The number of benzene rings is 2. The number of fused-ring (bicyclic) bond motifs is 1. The number of nitrogens with zero attached hydrogens (tertiary/aromatic N) is 2. The Bertz CT molecular complexity index is 1160. The van der Waals surface area contributed by atoms with E-state index in [2.05, 4.69) is 41.8 Å². The second-order valence-electron chi connectivity index (χ2n) is 6.08. The van der Waals surface area contributed by atoms with Crippen LogP contribution in [0.1, 0.15) is 12.5 Å². The molecule has 0 saturated carbocycles. The van der Waals surface area contributed by atoms with Crippen LogP contribution >= 0.6 is 31.9 Å². The predicted octanol–water partition coefficient (Wildman–Crippen LogP) is 5.22. The number of phenols is 1. The van der Waals surface area contributed by atoms with E-state index in [1.165, 1.54) is 0 Å². The van der Waals surface area contributed by atoms with Crippen LogP contribution in [0.3, 0.4) is 0 Å². The Kier molecular flexibility index (Phi) is 4.39. The van der Waals surface area contributed by atoms with E-state index in [-0.39, 0.29) is 17.4 Å². The van der Waals surface area contributed by atoms with Crippen LogP contribution in [-0.2, 0) is 6.42 Å². The fourth-order valence-corrected chi connectivity index (χ4v) is 4.43. The molecule has 6 nitrogen and oxygen atoms in total. The van der Waals surface area contributed by atoms with E-state index in [1.807, 2.05) is 25.1 Å². The highest BCUT2D eigenvalue weighted by Crippen LogP contribution is 2.46. The van der Waals surface area contributed by atoms with Crippen molar-refractivity contribution < 1.29 is 15.3 Å². The quantitative estimate of drug-likeness (QED) is 0.315. The fourth-order valence-electron chi connectivity index (χ4n) is 3.25. The number of hydrogen-bond donors (Lipinski definition) is 4. The molecule has 0 aliphatic rings. The molecule has 2 aromatic heterocycles. The van der Waals surface area contributed by atoms with E-state index >= 15 is 0 Å². The zero-order valence-corrected chi connectivity index (χ0v) is 17.3. The average molecular weight is 493 g/mol. The number of nitrogens with one attached hydrogen (secondary N) is 1. The molecule has 27 heavy (non-hydrogen) atoms. The van der Waals surface area contributed by atoms with Crippen molar-refractivity contribution >= 4 is 42.9 Å². The number of H-pyrrole nitrogens is 1. The predicted molar refractivity (Wildman–Crippen MR) is 111 cm³/mol. The summed E-state index contributed by atoms with van der Waals surface area (Å²) >= 11 is 6.69. The molecule has 0 saturated heterocycles.